The molecule has 0 fully saturated rings. The van der Waals surface area contributed by atoms with Gasteiger partial charge in [-0.05, 0) is 24.3 Å². The monoisotopic (exact) mass is 283 g/mol. The largest absolute Gasteiger partial charge is 0.351 e. The summed E-state index contributed by atoms with van der Waals surface area (Å²) in [5.41, 5.74) is 1.68. The lowest BCUT2D eigenvalue weighted by molar-refractivity contribution is 0.102. The summed E-state index contributed by atoms with van der Waals surface area (Å²) in [5.74, 6) is 1.08. The fourth-order valence-corrected chi connectivity index (χ4v) is 2.18. The summed E-state index contributed by atoms with van der Waals surface area (Å²) >= 11 is 0. The second kappa shape index (κ2) is 5.05. The SMILES string of the molecule is CC(C)c1nc(NC(=O)c2ccc3c(ccn3C)c2)n[nH]1. The van der Waals surface area contributed by atoms with E-state index in [2.05, 4.69) is 20.5 Å². The summed E-state index contributed by atoms with van der Waals surface area (Å²) in [4.78, 5) is 16.5. The van der Waals surface area contributed by atoms with Gasteiger partial charge in [0.15, 0.2) is 0 Å². The average molecular weight is 283 g/mol. The average Bonchev–Trinajstić information content (AvgIpc) is 3.06. The Morgan fingerprint density at radius 3 is 2.86 bits per heavy atom. The maximum absolute atomic E-state index is 12.2. The van der Waals surface area contributed by atoms with Gasteiger partial charge in [0.2, 0.25) is 5.95 Å². The lowest BCUT2D eigenvalue weighted by Gasteiger charge is -2.02. The van der Waals surface area contributed by atoms with Gasteiger partial charge in [-0.2, -0.15) is 4.98 Å². The zero-order valence-corrected chi connectivity index (χ0v) is 12.2. The smallest absolute Gasteiger partial charge is 0.258 e. The van der Waals surface area contributed by atoms with Crippen molar-refractivity contribution in [2.45, 2.75) is 19.8 Å². The highest BCUT2D eigenvalue weighted by atomic mass is 16.1. The van der Waals surface area contributed by atoms with Crippen LogP contribution < -0.4 is 5.32 Å². The first-order chi connectivity index (χ1) is 10.0. The van der Waals surface area contributed by atoms with E-state index in [1.165, 1.54) is 0 Å². The summed E-state index contributed by atoms with van der Waals surface area (Å²) in [6.07, 6.45) is 1.97. The van der Waals surface area contributed by atoms with E-state index in [0.29, 0.717) is 11.5 Å². The van der Waals surface area contributed by atoms with Gasteiger partial charge in [-0.1, -0.05) is 13.8 Å². The Morgan fingerprint density at radius 2 is 2.14 bits per heavy atom. The Hall–Kier alpha value is -2.63. The highest BCUT2D eigenvalue weighted by Gasteiger charge is 2.12. The van der Waals surface area contributed by atoms with E-state index < -0.39 is 0 Å². The molecule has 3 aromatic rings. The Bertz CT molecular complexity index is 799. The molecule has 1 aromatic carbocycles. The molecule has 2 heterocycles. The number of nitrogens with one attached hydrogen (secondary N) is 2. The number of benzene rings is 1. The lowest BCUT2D eigenvalue weighted by Crippen LogP contribution is -2.13. The third-order valence-electron chi connectivity index (χ3n) is 3.42. The second-order valence-corrected chi connectivity index (χ2v) is 5.35. The predicted molar refractivity (Wildman–Crippen MR) is 81.3 cm³/mol. The van der Waals surface area contributed by atoms with Crippen LogP contribution in [0.1, 0.15) is 35.9 Å². The van der Waals surface area contributed by atoms with Gasteiger partial charge in [-0.3, -0.25) is 15.2 Å². The minimum Gasteiger partial charge on any atom is -0.351 e. The van der Waals surface area contributed by atoms with Gasteiger partial charge in [0.05, 0.1) is 0 Å². The van der Waals surface area contributed by atoms with Gasteiger partial charge in [-0.15, -0.1) is 5.10 Å². The summed E-state index contributed by atoms with van der Waals surface area (Å²) in [6, 6.07) is 7.58. The first kappa shape index (κ1) is 13.4. The maximum atomic E-state index is 12.2. The van der Waals surface area contributed by atoms with E-state index >= 15 is 0 Å². The Kier molecular flexibility index (Phi) is 3.21. The normalized spacial score (nSPS) is 11.2. The summed E-state index contributed by atoms with van der Waals surface area (Å²) < 4.78 is 2.02. The van der Waals surface area contributed by atoms with Crippen molar-refractivity contribution in [3.63, 3.8) is 0 Å². The predicted octanol–water partition coefficient (Wildman–Crippen LogP) is 2.67. The number of H-pyrrole nitrogens is 1. The van der Waals surface area contributed by atoms with Crippen molar-refractivity contribution in [2.24, 2.45) is 7.05 Å². The number of aryl methyl sites for hydroxylation is 1. The number of fused-ring (bicyclic) bond motifs is 1. The van der Waals surface area contributed by atoms with E-state index in [-0.39, 0.29) is 11.8 Å². The molecule has 0 radical (unpaired) electrons. The van der Waals surface area contributed by atoms with E-state index in [0.717, 1.165) is 16.7 Å². The summed E-state index contributed by atoms with van der Waals surface area (Å²) in [6.45, 7) is 4.02. The molecule has 2 aromatic heterocycles. The van der Waals surface area contributed by atoms with Crippen molar-refractivity contribution in [2.75, 3.05) is 5.32 Å². The molecule has 6 heteroatoms. The fourth-order valence-electron chi connectivity index (χ4n) is 2.18. The van der Waals surface area contributed by atoms with Crippen molar-refractivity contribution < 1.29 is 4.79 Å². The van der Waals surface area contributed by atoms with Crippen molar-refractivity contribution in [3.05, 3.63) is 41.9 Å². The van der Waals surface area contributed by atoms with Crippen LogP contribution in [0.15, 0.2) is 30.5 Å². The van der Waals surface area contributed by atoms with Crippen molar-refractivity contribution in [1.29, 1.82) is 0 Å². The fraction of sp³-hybridized carbons (Fsp3) is 0.267. The van der Waals surface area contributed by atoms with Crippen molar-refractivity contribution in [3.8, 4) is 0 Å². The van der Waals surface area contributed by atoms with Gasteiger partial charge < -0.3 is 4.57 Å². The molecule has 1 amide bonds. The molecule has 0 aliphatic rings. The van der Waals surface area contributed by atoms with Crippen LogP contribution in [0.5, 0.6) is 0 Å². The number of aromatic amines is 1. The maximum Gasteiger partial charge on any atom is 0.258 e. The number of nitrogens with zero attached hydrogens (tertiary/aromatic N) is 3. The van der Waals surface area contributed by atoms with E-state index in [1.807, 2.05) is 49.9 Å². The lowest BCUT2D eigenvalue weighted by atomic mass is 10.1. The molecule has 0 aliphatic heterocycles. The Labute approximate surface area is 122 Å². The van der Waals surface area contributed by atoms with Gasteiger partial charge in [0.25, 0.3) is 5.91 Å². The van der Waals surface area contributed by atoms with Crippen LogP contribution in [-0.4, -0.2) is 25.7 Å². The second-order valence-electron chi connectivity index (χ2n) is 5.35. The molecule has 21 heavy (non-hydrogen) atoms. The van der Waals surface area contributed by atoms with Gasteiger partial charge in [0.1, 0.15) is 5.82 Å². The molecule has 3 rings (SSSR count). The molecule has 0 unspecified atom stereocenters. The van der Waals surface area contributed by atoms with Gasteiger partial charge >= 0.3 is 0 Å². The topological polar surface area (TPSA) is 75.6 Å². The zero-order valence-electron chi connectivity index (χ0n) is 12.2. The quantitative estimate of drug-likeness (QED) is 0.776. The number of aromatic nitrogens is 4. The molecule has 0 spiro atoms. The molecule has 108 valence electrons. The molecule has 6 nitrogen and oxygen atoms in total. The van der Waals surface area contributed by atoms with E-state index in [9.17, 15) is 4.79 Å². The standard InChI is InChI=1S/C15H17N5O/c1-9(2)13-16-15(19-18-13)17-14(21)11-4-5-12-10(8-11)6-7-20(12)3/h4-9H,1-3H3,(H2,16,17,18,19,21). The molecule has 0 aliphatic carbocycles. The third-order valence-corrected chi connectivity index (χ3v) is 3.42. The summed E-state index contributed by atoms with van der Waals surface area (Å²) in [7, 11) is 1.98. The van der Waals surface area contributed by atoms with Crippen molar-refractivity contribution >= 4 is 22.8 Å². The van der Waals surface area contributed by atoms with Crippen LogP contribution in [-0.2, 0) is 7.05 Å². The van der Waals surface area contributed by atoms with E-state index in [1.54, 1.807) is 6.07 Å². The number of rotatable bonds is 3. The van der Waals surface area contributed by atoms with Crippen LogP contribution in [0.4, 0.5) is 5.95 Å². The number of anilines is 1. The minimum atomic E-state index is -0.213. The van der Waals surface area contributed by atoms with Crippen LogP contribution in [0.25, 0.3) is 10.9 Å². The number of carbonyl (C=O) groups is 1. The minimum absolute atomic E-state index is 0.213. The highest BCUT2D eigenvalue weighted by molar-refractivity contribution is 6.05. The Morgan fingerprint density at radius 1 is 1.33 bits per heavy atom. The Balaban J connectivity index is 1.82. The van der Waals surface area contributed by atoms with Crippen LogP contribution in [0.3, 0.4) is 0 Å². The number of hydrogen-bond donors (Lipinski definition) is 2. The molecular formula is C15H17N5O. The molecule has 0 bridgehead atoms. The van der Waals surface area contributed by atoms with Crippen molar-refractivity contribution in [1.82, 2.24) is 19.7 Å². The zero-order chi connectivity index (χ0) is 15.0. The summed E-state index contributed by atoms with van der Waals surface area (Å²) in [5, 5.41) is 10.5. The first-order valence-corrected chi connectivity index (χ1v) is 6.83. The van der Waals surface area contributed by atoms with E-state index in [4.69, 9.17) is 0 Å². The van der Waals surface area contributed by atoms with Crippen LogP contribution in [0, 0.1) is 0 Å². The highest BCUT2D eigenvalue weighted by Crippen LogP contribution is 2.17. The first-order valence-electron chi connectivity index (χ1n) is 6.83. The number of amides is 1. The molecule has 0 atom stereocenters. The molecular weight excluding hydrogens is 266 g/mol. The number of hydrogen-bond acceptors (Lipinski definition) is 3. The number of carbonyl (C=O) groups excluding carboxylic acids is 1. The van der Waals surface area contributed by atoms with Crippen LogP contribution >= 0.6 is 0 Å². The molecule has 0 saturated carbocycles. The van der Waals surface area contributed by atoms with Gasteiger partial charge in [0, 0.05) is 35.6 Å². The van der Waals surface area contributed by atoms with Crippen LogP contribution in [0.2, 0.25) is 0 Å². The third kappa shape index (κ3) is 2.52. The molecule has 0 saturated heterocycles. The molecule has 2 N–H and O–H groups in total. The van der Waals surface area contributed by atoms with Gasteiger partial charge in [-0.25, -0.2) is 0 Å².